The van der Waals surface area contributed by atoms with E-state index in [-0.39, 0.29) is 0 Å². The van der Waals surface area contributed by atoms with Crippen molar-refractivity contribution in [1.29, 1.82) is 0 Å². The van der Waals surface area contributed by atoms with Crippen LogP contribution in [0, 0.1) is 5.92 Å². The largest absolute Gasteiger partial charge is 0.499 e. The summed E-state index contributed by atoms with van der Waals surface area (Å²) in [5.74, 6) is 0.894. The molecule has 1 nitrogen and oxygen atoms in total. The average Bonchev–Trinajstić information content (AvgIpc) is 2.19. The lowest BCUT2D eigenvalue weighted by molar-refractivity contribution is 0.143. The van der Waals surface area contributed by atoms with Gasteiger partial charge < -0.3 is 4.74 Å². The summed E-state index contributed by atoms with van der Waals surface area (Å²) in [5, 5.41) is 0. The molecule has 0 bridgehead atoms. The van der Waals surface area contributed by atoms with Crippen LogP contribution in [0.3, 0.4) is 0 Å². The van der Waals surface area contributed by atoms with Gasteiger partial charge in [-0.15, -0.1) is 0 Å². The van der Waals surface area contributed by atoms with Gasteiger partial charge in [0.15, 0.2) is 0 Å². The van der Waals surface area contributed by atoms with Crippen molar-refractivity contribution in [3.05, 3.63) is 12.8 Å². The van der Waals surface area contributed by atoms with Gasteiger partial charge in [0.05, 0.1) is 12.4 Å². The predicted octanol–water partition coefficient (Wildman–Crippen LogP) is 4.53. The molecule has 1 heteroatoms. The van der Waals surface area contributed by atoms with Crippen molar-refractivity contribution < 1.29 is 4.74 Å². The SMILES string of the molecule is C=COC(C)CCC(CC)CCCC. The minimum Gasteiger partial charge on any atom is -0.499 e. The first-order chi connectivity index (χ1) is 6.74. The molecule has 0 aromatic carbocycles. The van der Waals surface area contributed by atoms with E-state index in [1.165, 1.54) is 32.1 Å². The summed E-state index contributed by atoms with van der Waals surface area (Å²) in [6.45, 7) is 10.2. The molecule has 0 N–H and O–H groups in total. The van der Waals surface area contributed by atoms with Gasteiger partial charge in [-0.05, 0) is 25.7 Å². The maximum atomic E-state index is 5.31. The fourth-order valence-corrected chi connectivity index (χ4v) is 1.75. The maximum Gasteiger partial charge on any atom is 0.0950 e. The first kappa shape index (κ1) is 13.5. The molecule has 0 aromatic rings. The summed E-state index contributed by atoms with van der Waals surface area (Å²) in [4.78, 5) is 0. The Morgan fingerprint density at radius 1 is 1.21 bits per heavy atom. The molecule has 0 fully saturated rings. The Morgan fingerprint density at radius 3 is 2.43 bits per heavy atom. The third-order valence-corrected chi connectivity index (χ3v) is 2.85. The lowest BCUT2D eigenvalue weighted by Gasteiger charge is -2.17. The Labute approximate surface area is 89.5 Å². The summed E-state index contributed by atoms with van der Waals surface area (Å²) in [5.41, 5.74) is 0. The van der Waals surface area contributed by atoms with Crippen molar-refractivity contribution in [1.82, 2.24) is 0 Å². The topological polar surface area (TPSA) is 9.23 Å². The Hall–Kier alpha value is -0.460. The smallest absolute Gasteiger partial charge is 0.0950 e. The molecule has 0 aliphatic carbocycles. The average molecular weight is 198 g/mol. The van der Waals surface area contributed by atoms with Gasteiger partial charge in [0.2, 0.25) is 0 Å². The van der Waals surface area contributed by atoms with Crippen LogP contribution in [0.5, 0.6) is 0 Å². The van der Waals surface area contributed by atoms with E-state index in [0.29, 0.717) is 6.10 Å². The molecule has 14 heavy (non-hydrogen) atoms. The zero-order valence-electron chi connectivity index (χ0n) is 10.1. The monoisotopic (exact) mass is 198 g/mol. The van der Waals surface area contributed by atoms with Gasteiger partial charge in [-0.25, -0.2) is 0 Å². The Morgan fingerprint density at radius 2 is 1.93 bits per heavy atom. The third kappa shape index (κ3) is 6.99. The summed E-state index contributed by atoms with van der Waals surface area (Å²) in [6, 6.07) is 0. The highest BCUT2D eigenvalue weighted by Crippen LogP contribution is 2.19. The van der Waals surface area contributed by atoms with Gasteiger partial charge in [0, 0.05) is 0 Å². The molecule has 0 amide bonds. The Balaban J connectivity index is 3.54. The molecule has 0 heterocycles. The van der Waals surface area contributed by atoms with Gasteiger partial charge in [0.25, 0.3) is 0 Å². The van der Waals surface area contributed by atoms with Crippen LogP contribution in [-0.4, -0.2) is 6.10 Å². The summed E-state index contributed by atoms with van der Waals surface area (Å²) < 4.78 is 5.31. The van der Waals surface area contributed by atoms with Gasteiger partial charge in [-0.3, -0.25) is 0 Å². The summed E-state index contributed by atoms with van der Waals surface area (Å²) in [7, 11) is 0. The quantitative estimate of drug-likeness (QED) is 0.494. The number of unbranched alkanes of at least 4 members (excludes halogenated alkanes) is 1. The molecule has 0 rings (SSSR count). The van der Waals surface area contributed by atoms with Crippen LogP contribution in [0.15, 0.2) is 12.8 Å². The van der Waals surface area contributed by atoms with Crippen LogP contribution in [-0.2, 0) is 4.74 Å². The van der Waals surface area contributed by atoms with Crippen molar-refractivity contribution in [3.63, 3.8) is 0 Å². The Bertz CT molecular complexity index is 131. The van der Waals surface area contributed by atoms with Crippen LogP contribution in [0.25, 0.3) is 0 Å². The van der Waals surface area contributed by atoms with Crippen molar-refractivity contribution in [2.24, 2.45) is 5.92 Å². The van der Waals surface area contributed by atoms with E-state index < -0.39 is 0 Å². The molecule has 0 aliphatic rings. The Kier molecular flexibility index (Phi) is 8.81. The molecule has 0 saturated carbocycles. The van der Waals surface area contributed by atoms with Crippen molar-refractivity contribution in [3.8, 4) is 0 Å². The molecule has 2 unspecified atom stereocenters. The van der Waals surface area contributed by atoms with Crippen molar-refractivity contribution >= 4 is 0 Å². The van der Waals surface area contributed by atoms with Crippen LogP contribution in [0.4, 0.5) is 0 Å². The zero-order chi connectivity index (χ0) is 10.8. The standard InChI is InChI=1S/C13H26O/c1-5-8-9-13(6-2)11-10-12(4)14-7-3/h7,12-13H,3,5-6,8-11H2,1-2,4H3. The first-order valence-electron chi connectivity index (χ1n) is 6.00. The molecule has 0 spiro atoms. The second-order valence-electron chi connectivity index (χ2n) is 4.11. The number of rotatable bonds is 9. The van der Waals surface area contributed by atoms with E-state index in [4.69, 9.17) is 4.74 Å². The van der Waals surface area contributed by atoms with Crippen LogP contribution < -0.4 is 0 Å². The summed E-state index contributed by atoms with van der Waals surface area (Å²) >= 11 is 0. The highest BCUT2D eigenvalue weighted by Gasteiger charge is 2.08. The minimum atomic E-state index is 0.336. The van der Waals surface area contributed by atoms with E-state index in [1.807, 2.05) is 0 Å². The van der Waals surface area contributed by atoms with Gasteiger partial charge in [0.1, 0.15) is 0 Å². The zero-order valence-corrected chi connectivity index (χ0v) is 10.1. The van der Waals surface area contributed by atoms with Crippen LogP contribution >= 0.6 is 0 Å². The van der Waals surface area contributed by atoms with Crippen molar-refractivity contribution in [2.45, 2.75) is 65.4 Å². The molecular formula is C13H26O. The normalized spacial score (nSPS) is 14.8. The van der Waals surface area contributed by atoms with Crippen LogP contribution in [0.1, 0.15) is 59.3 Å². The maximum absolute atomic E-state index is 5.31. The van der Waals surface area contributed by atoms with E-state index in [0.717, 1.165) is 12.3 Å². The molecule has 0 saturated heterocycles. The first-order valence-corrected chi connectivity index (χ1v) is 6.00. The van der Waals surface area contributed by atoms with Gasteiger partial charge >= 0.3 is 0 Å². The second-order valence-corrected chi connectivity index (χ2v) is 4.11. The second kappa shape index (κ2) is 9.11. The number of hydrogen-bond acceptors (Lipinski definition) is 1. The van der Waals surface area contributed by atoms with Crippen LogP contribution in [0.2, 0.25) is 0 Å². The van der Waals surface area contributed by atoms with Gasteiger partial charge in [-0.2, -0.15) is 0 Å². The highest BCUT2D eigenvalue weighted by atomic mass is 16.5. The molecule has 84 valence electrons. The van der Waals surface area contributed by atoms with E-state index in [2.05, 4.69) is 27.4 Å². The van der Waals surface area contributed by atoms with Gasteiger partial charge in [-0.1, -0.05) is 46.1 Å². The lowest BCUT2D eigenvalue weighted by Crippen LogP contribution is -2.08. The lowest BCUT2D eigenvalue weighted by atomic mass is 9.93. The van der Waals surface area contributed by atoms with E-state index >= 15 is 0 Å². The van der Waals surface area contributed by atoms with E-state index in [9.17, 15) is 0 Å². The molecule has 0 aromatic heterocycles. The molecule has 2 atom stereocenters. The number of ether oxygens (including phenoxy) is 1. The molecular weight excluding hydrogens is 172 g/mol. The third-order valence-electron chi connectivity index (χ3n) is 2.85. The molecule has 0 aliphatic heterocycles. The fraction of sp³-hybridized carbons (Fsp3) is 0.846. The predicted molar refractivity (Wildman–Crippen MR) is 63.3 cm³/mol. The minimum absolute atomic E-state index is 0.336. The van der Waals surface area contributed by atoms with E-state index in [1.54, 1.807) is 6.26 Å². The fourth-order valence-electron chi connectivity index (χ4n) is 1.75. The highest BCUT2D eigenvalue weighted by molar-refractivity contribution is 4.63. The molecule has 0 radical (unpaired) electrons. The number of hydrogen-bond donors (Lipinski definition) is 0. The van der Waals surface area contributed by atoms with Crippen molar-refractivity contribution in [2.75, 3.05) is 0 Å². The summed E-state index contributed by atoms with van der Waals surface area (Å²) in [6.07, 6.45) is 9.72.